The lowest BCUT2D eigenvalue weighted by molar-refractivity contribution is -0.118. The van der Waals surface area contributed by atoms with Gasteiger partial charge < -0.3 is 19.5 Å². The number of anilines is 1. The molecule has 0 atom stereocenters. The van der Waals surface area contributed by atoms with Crippen LogP contribution in [0.5, 0.6) is 17.8 Å². The molecule has 0 radical (unpaired) electrons. The summed E-state index contributed by atoms with van der Waals surface area (Å²) in [5.41, 5.74) is 0.319. The number of carbonyl (C=O) groups excluding carboxylic acids is 1. The van der Waals surface area contributed by atoms with Crippen LogP contribution in [-0.4, -0.2) is 55.4 Å². The van der Waals surface area contributed by atoms with Gasteiger partial charge in [-0.2, -0.15) is 15.1 Å². The fourth-order valence-corrected chi connectivity index (χ4v) is 2.33. The van der Waals surface area contributed by atoms with Crippen LogP contribution in [0.25, 0.3) is 5.82 Å². The van der Waals surface area contributed by atoms with Crippen LogP contribution in [0.1, 0.15) is 19.7 Å². The maximum Gasteiger partial charge on any atom is 0.319 e. The zero-order chi connectivity index (χ0) is 20.6. The number of nitrogens with one attached hydrogen (secondary N) is 1. The van der Waals surface area contributed by atoms with E-state index in [0.717, 1.165) is 0 Å². The van der Waals surface area contributed by atoms with E-state index in [0.29, 0.717) is 30.5 Å². The van der Waals surface area contributed by atoms with Gasteiger partial charge >= 0.3 is 6.01 Å². The number of aryl methyl sites for hydroxylation is 1. The second kappa shape index (κ2) is 9.44. The number of ether oxygens (including phenoxy) is 3. The Hall–Kier alpha value is -3.76. The fourth-order valence-electron chi connectivity index (χ4n) is 2.33. The molecule has 3 rings (SSSR count). The average molecular weight is 399 g/mol. The second-order valence-electron chi connectivity index (χ2n) is 5.64. The van der Waals surface area contributed by atoms with E-state index in [9.17, 15) is 4.79 Å². The van der Waals surface area contributed by atoms with Crippen LogP contribution in [-0.2, 0) is 4.79 Å². The van der Waals surface area contributed by atoms with Gasteiger partial charge in [0.2, 0.25) is 11.8 Å². The Kier molecular flexibility index (Phi) is 6.51. The first-order valence-corrected chi connectivity index (χ1v) is 9.00. The highest BCUT2D eigenvalue weighted by Gasteiger charge is 2.14. The molecular formula is C18H21N7O4. The van der Waals surface area contributed by atoms with Gasteiger partial charge in [0.25, 0.3) is 5.91 Å². The smallest absolute Gasteiger partial charge is 0.319 e. The molecule has 0 spiro atoms. The Labute approximate surface area is 167 Å². The molecule has 152 valence electrons. The van der Waals surface area contributed by atoms with Crippen LogP contribution in [0.3, 0.4) is 0 Å². The van der Waals surface area contributed by atoms with Crippen molar-refractivity contribution in [3.8, 4) is 23.6 Å². The first kappa shape index (κ1) is 20.0. The number of rotatable bonds is 9. The van der Waals surface area contributed by atoms with Crippen molar-refractivity contribution in [2.45, 2.75) is 20.8 Å². The van der Waals surface area contributed by atoms with Gasteiger partial charge in [0.15, 0.2) is 12.4 Å². The molecule has 1 amide bonds. The summed E-state index contributed by atoms with van der Waals surface area (Å²) in [5.74, 6) is 1.09. The van der Waals surface area contributed by atoms with Crippen molar-refractivity contribution in [1.82, 2.24) is 29.7 Å². The highest BCUT2D eigenvalue weighted by Crippen LogP contribution is 2.23. The van der Waals surface area contributed by atoms with Gasteiger partial charge in [-0.3, -0.25) is 4.79 Å². The molecule has 0 aliphatic heterocycles. The van der Waals surface area contributed by atoms with Gasteiger partial charge in [-0.15, -0.1) is 0 Å². The van der Waals surface area contributed by atoms with Crippen molar-refractivity contribution in [3.05, 3.63) is 36.5 Å². The molecule has 0 unspecified atom stereocenters. The van der Waals surface area contributed by atoms with Crippen LogP contribution in [0.2, 0.25) is 0 Å². The number of aromatic nitrogens is 6. The lowest BCUT2D eigenvalue weighted by atomic mass is 10.4. The van der Waals surface area contributed by atoms with Crippen molar-refractivity contribution in [2.24, 2.45) is 0 Å². The van der Waals surface area contributed by atoms with Gasteiger partial charge in [-0.1, -0.05) is 0 Å². The average Bonchev–Trinajstić information content (AvgIpc) is 3.23. The minimum atomic E-state index is -0.421. The largest absolute Gasteiger partial charge is 0.476 e. The third-order valence-electron chi connectivity index (χ3n) is 3.45. The van der Waals surface area contributed by atoms with Crippen LogP contribution in [0.4, 0.5) is 5.69 Å². The van der Waals surface area contributed by atoms with Gasteiger partial charge in [-0.25, -0.2) is 14.6 Å². The summed E-state index contributed by atoms with van der Waals surface area (Å²) in [6, 6.07) is 3.55. The lowest BCUT2D eigenvalue weighted by Crippen LogP contribution is -2.21. The maximum atomic E-state index is 12.3. The standard InChI is InChI=1S/C18H21N7O4/c1-4-27-17-13(10-19-18(24-17)28-5-2)23-15(26)11-29-16-9-14(21-12(3)22-16)25-8-6-7-20-25/h6-10H,4-5,11H2,1-3H3,(H,23,26). The quantitative estimate of drug-likeness (QED) is 0.570. The number of amides is 1. The second-order valence-corrected chi connectivity index (χ2v) is 5.64. The van der Waals surface area contributed by atoms with E-state index in [1.165, 1.54) is 6.20 Å². The first-order valence-electron chi connectivity index (χ1n) is 9.00. The zero-order valence-corrected chi connectivity index (χ0v) is 16.3. The van der Waals surface area contributed by atoms with Crippen LogP contribution in [0, 0.1) is 6.92 Å². The molecule has 0 bridgehead atoms. The molecule has 0 aromatic carbocycles. The van der Waals surface area contributed by atoms with E-state index in [1.807, 2.05) is 13.8 Å². The third-order valence-corrected chi connectivity index (χ3v) is 3.45. The van der Waals surface area contributed by atoms with Crippen molar-refractivity contribution < 1.29 is 19.0 Å². The normalized spacial score (nSPS) is 10.4. The van der Waals surface area contributed by atoms with Gasteiger partial charge in [-0.05, 0) is 26.8 Å². The predicted octanol–water partition coefficient (Wildman–Crippen LogP) is 1.58. The molecule has 0 fully saturated rings. The molecule has 0 saturated heterocycles. The highest BCUT2D eigenvalue weighted by molar-refractivity contribution is 5.92. The van der Waals surface area contributed by atoms with E-state index in [1.54, 1.807) is 36.1 Å². The summed E-state index contributed by atoms with van der Waals surface area (Å²) in [6.45, 7) is 5.89. The van der Waals surface area contributed by atoms with E-state index in [4.69, 9.17) is 14.2 Å². The monoisotopic (exact) mass is 399 g/mol. The molecule has 1 N–H and O–H groups in total. The number of hydrogen-bond acceptors (Lipinski definition) is 9. The number of carbonyl (C=O) groups is 1. The van der Waals surface area contributed by atoms with Crippen LogP contribution >= 0.6 is 0 Å². The summed E-state index contributed by atoms with van der Waals surface area (Å²) in [7, 11) is 0. The molecule has 3 aromatic rings. The Balaban J connectivity index is 1.66. The number of hydrogen-bond donors (Lipinski definition) is 1. The van der Waals surface area contributed by atoms with Gasteiger partial charge in [0.1, 0.15) is 11.5 Å². The van der Waals surface area contributed by atoms with E-state index >= 15 is 0 Å². The Morgan fingerprint density at radius 1 is 1.14 bits per heavy atom. The molecule has 0 saturated carbocycles. The van der Waals surface area contributed by atoms with Crippen LogP contribution in [0.15, 0.2) is 30.7 Å². The molecule has 3 heterocycles. The fraction of sp³-hybridized carbons (Fsp3) is 0.333. The first-order chi connectivity index (χ1) is 14.1. The van der Waals surface area contributed by atoms with Gasteiger partial charge in [0.05, 0.1) is 19.4 Å². The predicted molar refractivity (Wildman–Crippen MR) is 102 cm³/mol. The molecule has 29 heavy (non-hydrogen) atoms. The van der Waals surface area contributed by atoms with Crippen LogP contribution < -0.4 is 19.5 Å². The van der Waals surface area contributed by atoms with Crippen molar-refractivity contribution >= 4 is 11.6 Å². The lowest BCUT2D eigenvalue weighted by Gasteiger charge is -2.12. The SMILES string of the molecule is CCOc1ncc(NC(=O)COc2cc(-n3cccn3)nc(C)n2)c(OCC)n1. The maximum absolute atomic E-state index is 12.3. The van der Waals surface area contributed by atoms with E-state index in [-0.39, 0.29) is 24.4 Å². The topological polar surface area (TPSA) is 126 Å². The van der Waals surface area contributed by atoms with Crippen molar-refractivity contribution in [2.75, 3.05) is 25.1 Å². The molecule has 3 aromatic heterocycles. The number of nitrogens with zero attached hydrogens (tertiary/aromatic N) is 6. The molecular weight excluding hydrogens is 378 g/mol. The minimum Gasteiger partial charge on any atom is -0.476 e. The van der Waals surface area contributed by atoms with E-state index < -0.39 is 5.91 Å². The summed E-state index contributed by atoms with van der Waals surface area (Å²) in [6.07, 6.45) is 4.81. The van der Waals surface area contributed by atoms with E-state index in [2.05, 4.69) is 30.4 Å². The zero-order valence-electron chi connectivity index (χ0n) is 16.3. The van der Waals surface area contributed by atoms with Crippen molar-refractivity contribution in [3.63, 3.8) is 0 Å². The summed E-state index contributed by atoms with van der Waals surface area (Å²) in [4.78, 5) is 29.0. The summed E-state index contributed by atoms with van der Waals surface area (Å²) >= 11 is 0. The summed E-state index contributed by atoms with van der Waals surface area (Å²) < 4.78 is 17.8. The Morgan fingerprint density at radius 2 is 1.97 bits per heavy atom. The molecule has 0 aliphatic carbocycles. The molecule has 11 heteroatoms. The Morgan fingerprint density at radius 3 is 2.69 bits per heavy atom. The minimum absolute atomic E-state index is 0.174. The van der Waals surface area contributed by atoms with Gasteiger partial charge in [0, 0.05) is 18.5 Å². The summed E-state index contributed by atoms with van der Waals surface area (Å²) in [5, 5.41) is 6.78. The Bertz CT molecular complexity index is 963. The molecule has 0 aliphatic rings. The van der Waals surface area contributed by atoms with Crippen molar-refractivity contribution in [1.29, 1.82) is 0 Å². The third kappa shape index (κ3) is 5.37. The highest BCUT2D eigenvalue weighted by atomic mass is 16.5. The molecule has 11 nitrogen and oxygen atoms in total.